The van der Waals surface area contributed by atoms with Crippen LogP contribution in [0.3, 0.4) is 0 Å². The van der Waals surface area contributed by atoms with Crippen LogP contribution in [-0.2, 0) is 21.2 Å². The number of hydrogen-bond acceptors (Lipinski definition) is 7. The highest BCUT2D eigenvalue weighted by Gasteiger charge is 2.32. The van der Waals surface area contributed by atoms with E-state index in [-0.39, 0.29) is 11.5 Å². The maximum atomic E-state index is 12.9. The Morgan fingerprint density at radius 3 is 2.58 bits per heavy atom. The first-order chi connectivity index (χ1) is 12.5. The van der Waals surface area contributed by atoms with Crippen molar-refractivity contribution >= 4 is 32.3 Å². The number of ether oxygens (including phenoxy) is 1. The Balaban J connectivity index is 1.83. The topological polar surface area (TPSA) is 103 Å². The number of rotatable bonds is 7. The molecule has 0 amide bonds. The van der Waals surface area contributed by atoms with Gasteiger partial charge in [-0.2, -0.15) is 4.31 Å². The lowest BCUT2D eigenvalue weighted by molar-refractivity contribution is 0.0727. The average molecular weight is 396 g/mol. The molecule has 2 aromatic rings. The first kappa shape index (κ1) is 19.0. The van der Waals surface area contributed by atoms with Crippen molar-refractivity contribution < 1.29 is 17.9 Å². The quantitative estimate of drug-likeness (QED) is 0.712. The lowest BCUT2D eigenvalue weighted by Gasteiger charge is -2.27. The number of carbonyl (C=O) groups excluding carboxylic acids is 1. The highest BCUT2D eigenvalue weighted by Crippen LogP contribution is 2.23. The molecule has 1 fully saturated rings. The molecule has 2 N–H and O–H groups in total. The summed E-state index contributed by atoms with van der Waals surface area (Å²) in [6.07, 6.45) is 1.77. The first-order valence-corrected chi connectivity index (χ1v) is 10.7. The van der Waals surface area contributed by atoms with Crippen molar-refractivity contribution in [3.63, 3.8) is 0 Å². The van der Waals surface area contributed by atoms with E-state index >= 15 is 0 Å². The summed E-state index contributed by atoms with van der Waals surface area (Å²) in [7, 11) is -3.56. The molecule has 7 nitrogen and oxygen atoms in total. The number of benzene rings is 1. The standard InChI is InChI=1S/C17H21N3O4S2/c18-17-19-11-15(25-17)16(21)14(10-13-4-2-1-3-5-13)12-26(22,23)20-6-8-24-9-7-20/h1-5,11,14H,6-10,12H2,(H2,18,19)/t14-/m0/s1. The number of sulfonamides is 1. The fraction of sp³-hybridized carbons (Fsp3) is 0.412. The van der Waals surface area contributed by atoms with Crippen molar-refractivity contribution in [2.45, 2.75) is 6.42 Å². The number of morpholine rings is 1. The number of aromatic nitrogens is 1. The third-order valence-electron chi connectivity index (χ3n) is 4.24. The van der Waals surface area contributed by atoms with Gasteiger partial charge in [-0.15, -0.1) is 0 Å². The van der Waals surface area contributed by atoms with E-state index in [1.807, 2.05) is 30.3 Å². The van der Waals surface area contributed by atoms with E-state index < -0.39 is 15.9 Å². The largest absolute Gasteiger partial charge is 0.379 e. The van der Waals surface area contributed by atoms with E-state index in [1.165, 1.54) is 10.5 Å². The van der Waals surface area contributed by atoms with Gasteiger partial charge >= 0.3 is 0 Å². The fourth-order valence-corrected chi connectivity index (χ4v) is 5.31. The van der Waals surface area contributed by atoms with Crippen LogP contribution >= 0.6 is 11.3 Å². The predicted octanol–water partition coefficient (Wildman–Crippen LogP) is 1.43. The normalized spacial score (nSPS) is 17.1. The van der Waals surface area contributed by atoms with Gasteiger partial charge in [0.25, 0.3) is 0 Å². The third-order valence-corrected chi connectivity index (χ3v) is 7.05. The molecule has 0 bridgehead atoms. The van der Waals surface area contributed by atoms with Crippen molar-refractivity contribution in [2.75, 3.05) is 37.8 Å². The number of nitrogens with zero attached hydrogens (tertiary/aromatic N) is 2. The van der Waals surface area contributed by atoms with Crippen molar-refractivity contribution in [1.82, 2.24) is 9.29 Å². The molecular weight excluding hydrogens is 374 g/mol. The van der Waals surface area contributed by atoms with Crippen LogP contribution in [0.25, 0.3) is 0 Å². The van der Waals surface area contributed by atoms with Crippen LogP contribution in [0.5, 0.6) is 0 Å². The summed E-state index contributed by atoms with van der Waals surface area (Å²) < 4.78 is 32.2. The molecule has 26 heavy (non-hydrogen) atoms. The van der Waals surface area contributed by atoms with Crippen LogP contribution in [0, 0.1) is 5.92 Å². The SMILES string of the molecule is Nc1ncc(C(=O)[C@@H](Cc2ccccc2)CS(=O)(=O)N2CCOCC2)s1. The van der Waals surface area contributed by atoms with Gasteiger partial charge in [0.15, 0.2) is 10.9 Å². The van der Waals surface area contributed by atoms with Crippen LogP contribution in [0.15, 0.2) is 36.5 Å². The maximum Gasteiger partial charge on any atom is 0.214 e. The average Bonchev–Trinajstić information content (AvgIpc) is 3.08. The number of ketones is 1. The van der Waals surface area contributed by atoms with Gasteiger partial charge in [-0.3, -0.25) is 4.79 Å². The Labute approximate surface area is 156 Å². The molecular formula is C17H21N3O4S2. The Bertz CT molecular complexity index is 846. The number of nitrogen functional groups attached to an aromatic ring is 1. The van der Waals surface area contributed by atoms with Gasteiger partial charge in [0.05, 0.1) is 30.0 Å². The molecule has 9 heteroatoms. The van der Waals surface area contributed by atoms with E-state index in [4.69, 9.17) is 10.5 Å². The number of nitrogens with two attached hydrogens (primary N) is 1. The minimum absolute atomic E-state index is 0.236. The molecule has 140 valence electrons. The summed E-state index contributed by atoms with van der Waals surface area (Å²) in [4.78, 5) is 17.2. The second-order valence-electron chi connectivity index (χ2n) is 6.10. The molecule has 0 radical (unpaired) electrons. The molecule has 3 rings (SSSR count). The van der Waals surface area contributed by atoms with Crippen LogP contribution < -0.4 is 5.73 Å². The number of Topliss-reactive ketones (excluding diaryl/α,β-unsaturated/α-hetero) is 1. The van der Waals surface area contributed by atoms with Crippen LogP contribution in [0.2, 0.25) is 0 Å². The van der Waals surface area contributed by atoms with Gasteiger partial charge in [0, 0.05) is 19.0 Å². The summed E-state index contributed by atoms with van der Waals surface area (Å²) >= 11 is 1.09. The second kappa shape index (κ2) is 8.26. The van der Waals surface area contributed by atoms with Gasteiger partial charge < -0.3 is 10.5 Å². The van der Waals surface area contributed by atoms with Gasteiger partial charge in [-0.1, -0.05) is 41.7 Å². The lowest BCUT2D eigenvalue weighted by Crippen LogP contribution is -2.44. The third kappa shape index (κ3) is 4.67. The van der Waals surface area contributed by atoms with E-state index in [1.54, 1.807) is 0 Å². The number of carbonyl (C=O) groups is 1. The Kier molecular flexibility index (Phi) is 6.02. The predicted molar refractivity (Wildman–Crippen MR) is 101 cm³/mol. The maximum absolute atomic E-state index is 12.9. The molecule has 1 aromatic heterocycles. The van der Waals surface area contributed by atoms with E-state index in [2.05, 4.69) is 4.98 Å². The van der Waals surface area contributed by atoms with Crippen LogP contribution in [-0.4, -0.2) is 55.5 Å². The molecule has 0 unspecified atom stereocenters. The Morgan fingerprint density at radius 2 is 1.96 bits per heavy atom. The zero-order chi connectivity index (χ0) is 18.6. The monoisotopic (exact) mass is 395 g/mol. The van der Waals surface area contributed by atoms with E-state index in [0.717, 1.165) is 16.9 Å². The molecule has 1 aliphatic rings. The first-order valence-electron chi connectivity index (χ1n) is 8.31. The van der Waals surface area contributed by atoms with Crippen molar-refractivity contribution in [3.8, 4) is 0 Å². The van der Waals surface area contributed by atoms with Crippen molar-refractivity contribution in [1.29, 1.82) is 0 Å². The van der Waals surface area contributed by atoms with Gasteiger partial charge in [0.2, 0.25) is 10.0 Å². The van der Waals surface area contributed by atoms with Crippen LogP contribution in [0.4, 0.5) is 5.13 Å². The lowest BCUT2D eigenvalue weighted by atomic mass is 9.96. The highest BCUT2D eigenvalue weighted by atomic mass is 32.2. The summed E-state index contributed by atoms with van der Waals surface area (Å²) in [5.41, 5.74) is 6.55. The zero-order valence-corrected chi connectivity index (χ0v) is 15.8. The summed E-state index contributed by atoms with van der Waals surface area (Å²) in [6.45, 7) is 1.40. The number of thiazole rings is 1. The number of anilines is 1. The minimum atomic E-state index is -3.56. The Hall–Kier alpha value is -1.81. The molecule has 1 aromatic carbocycles. The summed E-state index contributed by atoms with van der Waals surface area (Å²) in [5, 5.41) is 0.294. The minimum Gasteiger partial charge on any atom is -0.379 e. The number of hydrogen-bond donors (Lipinski definition) is 1. The van der Waals surface area contributed by atoms with Gasteiger partial charge in [-0.05, 0) is 12.0 Å². The Morgan fingerprint density at radius 1 is 1.27 bits per heavy atom. The highest BCUT2D eigenvalue weighted by molar-refractivity contribution is 7.89. The molecule has 0 aliphatic carbocycles. The van der Waals surface area contributed by atoms with Crippen LogP contribution in [0.1, 0.15) is 15.2 Å². The van der Waals surface area contributed by atoms with E-state index in [9.17, 15) is 13.2 Å². The molecule has 1 aliphatic heterocycles. The summed E-state index contributed by atoms with van der Waals surface area (Å²) in [6, 6.07) is 9.41. The molecule has 1 saturated heterocycles. The summed E-state index contributed by atoms with van der Waals surface area (Å²) in [5.74, 6) is -1.16. The van der Waals surface area contributed by atoms with Crippen molar-refractivity contribution in [3.05, 3.63) is 47.0 Å². The van der Waals surface area contributed by atoms with Gasteiger partial charge in [-0.25, -0.2) is 13.4 Å². The smallest absolute Gasteiger partial charge is 0.214 e. The van der Waals surface area contributed by atoms with Crippen molar-refractivity contribution in [2.24, 2.45) is 5.92 Å². The molecule has 2 heterocycles. The zero-order valence-electron chi connectivity index (χ0n) is 14.2. The second-order valence-corrected chi connectivity index (χ2v) is 9.18. The van der Waals surface area contributed by atoms with Gasteiger partial charge in [0.1, 0.15) is 0 Å². The molecule has 0 spiro atoms. The van der Waals surface area contributed by atoms with E-state index in [0.29, 0.717) is 42.7 Å². The fourth-order valence-electron chi connectivity index (χ4n) is 2.91. The molecule has 1 atom stereocenters. The molecule has 0 saturated carbocycles.